The predicted molar refractivity (Wildman–Crippen MR) is 58.4 cm³/mol. The van der Waals surface area contributed by atoms with E-state index >= 15 is 0 Å². The van der Waals surface area contributed by atoms with Crippen LogP contribution in [0.3, 0.4) is 0 Å². The smallest absolute Gasteiger partial charge is 0.418 e. The molecular weight excluding hydrogens is 265 g/mol. The maximum absolute atomic E-state index is 12.8. The fourth-order valence-corrected chi connectivity index (χ4v) is 1.59. The van der Waals surface area contributed by atoms with Crippen LogP contribution >= 0.6 is 0 Å². The standard InChI is InChI=1S/C11H7F3N2O3/c12-11(13,14)6-3-1-2-4-8(6)16-9(17)5-7(15-16)10(18)19/h1-5,15H,(H,18,19). The quantitative estimate of drug-likeness (QED) is 0.876. The van der Waals surface area contributed by atoms with Gasteiger partial charge in [0, 0.05) is 6.07 Å². The van der Waals surface area contributed by atoms with Gasteiger partial charge in [0.05, 0.1) is 11.3 Å². The molecule has 0 radical (unpaired) electrons. The first kappa shape index (κ1) is 12.9. The zero-order valence-corrected chi connectivity index (χ0v) is 9.23. The number of carboxylic acid groups (broad SMARTS) is 1. The predicted octanol–water partition coefficient (Wildman–Crippen LogP) is 1.88. The molecule has 0 atom stereocenters. The number of H-pyrrole nitrogens is 1. The van der Waals surface area contributed by atoms with Crippen molar-refractivity contribution in [1.82, 2.24) is 9.78 Å². The minimum atomic E-state index is -4.65. The van der Waals surface area contributed by atoms with Gasteiger partial charge in [-0.1, -0.05) is 12.1 Å². The number of nitrogens with zero attached hydrogens (tertiary/aromatic N) is 1. The van der Waals surface area contributed by atoms with E-state index in [0.29, 0.717) is 4.68 Å². The minimum absolute atomic E-state index is 0.451. The average molecular weight is 272 g/mol. The van der Waals surface area contributed by atoms with Crippen molar-refractivity contribution in [2.24, 2.45) is 0 Å². The van der Waals surface area contributed by atoms with E-state index in [2.05, 4.69) is 5.10 Å². The molecule has 8 heteroatoms. The third kappa shape index (κ3) is 2.37. The van der Waals surface area contributed by atoms with Gasteiger partial charge < -0.3 is 5.11 Å². The zero-order chi connectivity index (χ0) is 14.2. The molecular formula is C11H7F3N2O3. The lowest BCUT2D eigenvalue weighted by molar-refractivity contribution is -0.137. The Morgan fingerprint density at radius 2 is 1.89 bits per heavy atom. The summed E-state index contributed by atoms with van der Waals surface area (Å²) in [5.41, 5.74) is -2.85. The maximum atomic E-state index is 12.8. The van der Waals surface area contributed by atoms with Gasteiger partial charge in [-0.25, -0.2) is 9.48 Å². The Hall–Kier alpha value is -2.51. The van der Waals surface area contributed by atoms with Crippen molar-refractivity contribution < 1.29 is 23.1 Å². The second-order valence-corrected chi connectivity index (χ2v) is 3.66. The number of rotatable bonds is 2. The highest BCUT2D eigenvalue weighted by molar-refractivity contribution is 5.85. The van der Waals surface area contributed by atoms with Crippen LogP contribution in [0.2, 0.25) is 0 Å². The Balaban J connectivity index is 2.66. The largest absolute Gasteiger partial charge is 0.477 e. The molecule has 100 valence electrons. The summed E-state index contributed by atoms with van der Waals surface area (Å²) in [4.78, 5) is 22.2. The molecule has 2 rings (SSSR count). The number of para-hydroxylation sites is 1. The van der Waals surface area contributed by atoms with Crippen molar-refractivity contribution >= 4 is 5.97 Å². The first-order chi connectivity index (χ1) is 8.80. The number of benzene rings is 1. The number of aromatic nitrogens is 2. The van der Waals surface area contributed by atoms with Crippen LogP contribution in [-0.4, -0.2) is 20.9 Å². The average Bonchev–Trinajstić information content (AvgIpc) is 2.70. The van der Waals surface area contributed by atoms with E-state index in [4.69, 9.17) is 5.11 Å². The summed E-state index contributed by atoms with van der Waals surface area (Å²) >= 11 is 0. The van der Waals surface area contributed by atoms with E-state index in [9.17, 15) is 22.8 Å². The number of aromatic amines is 1. The summed E-state index contributed by atoms with van der Waals surface area (Å²) in [6.07, 6.45) is -4.65. The van der Waals surface area contributed by atoms with Crippen molar-refractivity contribution in [1.29, 1.82) is 0 Å². The second kappa shape index (κ2) is 4.30. The van der Waals surface area contributed by atoms with Crippen LogP contribution in [-0.2, 0) is 6.18 Å². The molecule has 5 nitrogen and oxygen atoms in total. The van der Waals surface area contributed by atoms with Crippen LogP contribution in [0.4, 0.5) is 13.2 Å². The molecule has 0 aliphatic heterocycles. The molecule has 1 heterocycles. The molecule has 0 spiro atoms. The van der Waals surface area contributed by atoms with Gasteiger partial charge >= 0.3 is 12.1 Å². The van der Waals surface area contributed by atoms with Gasteiger partial charge in [-0.15, -0.1) is 0 Å². The molecule has 0 aliphatic rings. The first-order valence-corrected chi connectivity index (χ1v) is 5.02. The monoisotopic (exact) mass is 272 g/mol. The van der Waals surface area contributed by atoms with E-state index in [0.717, 1.165) is 18.2 Å². The molecule has 2 N–H and O–H groups in total. The van der Waals surface area contributed by atoms with Crippen LogP contribution < -0.4 is 5.56 Å². The lowest BCUT2D eigenvalue weighted by Crippen LogP contribution is -2.18. The van der Waals surface area contributed by atoms with Gasteiger partial charge in [-0.05, 0) is 12.1 Å². The molecule has 1 aromatic heterocycles. The lowest BCUT2D eigenvalue weighted by Gasteiger charge is -2.12. The Morgan fingerprint density at radius 3 is 2.42 bits per heavy atom. The third-order valence-corrected chi connectivity index (χ3v) is 2.40. The van der Waals surface area contributed by atoms with Gasteiger partial charge in [0.25, 0.3) is 5.56 Å². The molecule has 0 aliphatic carbocycles. The summed E-state index contributed by atoms with van der Waals surface area (Å²) in [5.74, 6) is -1.43. The highest BCUT2D eigenvalue weighted by Gasteiger charge is 2.34. The number of hydrogen-bond donors (Lipinski definition) is 2. The summed E-state index contributed by atoms with van der Waals surface area (Å²) in [6, 6.07) is 5.10. The van der Waals surface area contributed by atoms with Gasteiger partial charge in [0.15, 0.2) is 0 Å². The molecule has 0 bridgehead atoms. The van der Waals surface area contributed by atoms with E-state index in [1.165, 1.54) is 12.1 Å². The molecule has 0 saturated heterocycles. The Labute approximate surface area is 103 Å². The molecule has 0 saturated carbocycles. The van der Waals surface area contributed by atoms with Crippen molar-refractivity contribution in [2.45, 2.75) is 6.18 Å². The van der Waals surface area contributed by atoms with Crippen LogP contribution in [0.25, 0.3) is 5.69 Å². The summed E-state index contributed by atoms with van der Waals surface area (Å²) in [6.45, 7) is 0. The number of carboxylic acids is 1. The van der Waals surface area contributed by atoms with Gasteiger partial charge in [-0.3, -0.25) is 9.89 Å². The zero-order valence-electron chi connectivity index (χ0n) is 9.23. The van der Waals surface area contributed by atoms with Crippen molar-refractivity contribution in [3.63, 3.8) is 0 Å². The number of halogens is 3. The molecule has 0 amide bonds. The highest BCUT2D eigenvalue weighted by atomic mass is 19.4. The van der Waals surface area contributed by atoms with Crippen LogP contribution in [0.5, 0.6) is 0 Å². The Morgan fingerprint density at radius 1 is 1.26 bits per heavy atom. The van der Waals surface area contributed by atoms with E-state index < -0.39 is 34.6 Å². The third-order valence-electron chi connectivity index (χ3n) is 2.40. The molecule has 0 fully saturated rings. The molecule has 1 aromatic carbocycles. The fourth-order valence-electron chi connectivity index (χ4n) is 1.59. The number of aromatic carboxylic acids is 1. The molecule has 0 unspecified atom stereocenters. The fraction of sp³-hybridized carbons (Fsp3) is 0.0909. The summed E-state index contributed by atoms with van der Waals surface area (Å²) < 4.78 is 38.9. The van der Waals surface area contributed by atoms with Crippen LogP contribution in [0, 0.1) is 0 Å². The highest BCUT2D eigenvalue weighted by Crippen LogP contribution is 2.32. The SMILES string of the molecule is O=C(O)c1cc(=O)n(-c2ccccc2C(F)(F)F)[nH]1. The normalized spacial score (nSPS) is 11.5. The molecule has 2 aromatic rings. The van der Waals surface area contributed by atoms with E-state index in [-0.39, 0.29) is 0 Å². The van der Waals surface area contributed by atoms with Crippen molar-refractivity contribution in [2.75, 3.05) is 0 Å². The van der Waals surface area contributed by atoms with Crippen molar-refractivity contribution in [3.05, 3.63) is 51.9 Å². The summed E-state index contributed by atoms with van der Waals surface area (Å²) in [5, 5.41) is 10.8. The van der Waals surface area contributed by atoms with E-state index in [1.807, 2.05) is 0 Å². The number of alkyl halides is 3. The number of carbonyl (C=O) groups is 1. The Bertz CT molecular complexity index is 685. The van der Waals surface area contributed by atoms with Crippen molar-refractivity contribution in [3.8, 4) is 5.69 Å². The maximum Gasteiger partial charge on any atom is 0.418 e. The topological polar surface area (TPSA) is 75.1 Å². The molecule has 19 heavy (non-hydrogen) atoms. The summed E-state index contributed by atoms with van der Waals surface area (Å²) in [7, 11) is 0. The van der Waals surface area contributed by atoms with Gasteiger partial charge in [0.1, 0.15) is 5.69 Å². The first-order valence-electron chi connectivity index (χ1n) is 5.02. The van der Waals surface area contributed by atoms with E-state index in [1.54, 1.807) is 0 Å². The second-order valence-electron chi connectivity index (χ2n) is 3.66. The Kier molecular flexibility index (Phi) is 2.93. The van der Waals surface area contributed by atoms with Gasteiger partial charge in [-0.2, -0.15) is 13.2 Å². The number of nitrogens with one attached hydrogen (secondary N) is 1. The number of hydrogen-bond acceptors (Lipinski definition) is 2. The van der Waals surface area contributed by atoms with Gasteiger partial charge in [0.2, 0.25) is 0 Å². The lowest BCUT2D eigenvalue weighted by atomic mass is 10.2. The van der Waals surface area contributed by atoms with Crippen LogP contribution in [0.15, 0.2) is 35.1 Å². The van der Waals surface area contributed by atoms with Crippen LogP contribution in [0.1, 0.15) is 16.1 Å². The minimum Gasteiger partial charge on any atom is -0.477 e.